The summed E-state index contributed by atoms with van der Waals surface area (Å²) in [5, 5.41) is 4.16. The van der Waals surface area contributed by atoms with Crippen LogP contribution in [0.25, 0.3) is 11.0 Å². The van der Waals surface area contributed by atoms with Crippen LogP contribution in [0.3, 0.4) is 0 Å². The van der Waals surface area contributed by atoms with Crippen LogP contribution in [0.2, 0.25) is 0 Å². The van der Waals surface area contributed by atoms with Gasteiger partial charge in [-0.2, -0.15) is 0 Å². The predicted octanol–water partition coefficient (Wildman–Crippen LogP) is 2.44. The van der Waals surface area contributed by atoms with E-state index in [4.69, 9.17) is 4.42 Å². The average molecular weight is 281 g/mol. The van der Waals surface area contributed by atoms with Gasteiger partial charge >= 0.3 is 0 Å². The second kappa shape index (κ2) is 5.35. The molecule has 0 aliphatic carbocycles. The molecule has 1 atom stereocenters. The molecule has 1 heterocycles. The molecule has 2 rings (SSSR count). The Labute approximate surface area is 113 Å². The SMILES string of the molecule is CNC(CCS(C)(=O)=O)c1cc2cc(C)ccc2o1. The highest BCUT2D eigenvalue weighted by atomic mass is 32.2. The smallest absolute Gasteiger partial charge is 0.147 e. The minimum absolute atomic E-state index is 0.0811. The van der Waals surface area contributed by atoms with E-state index in [1.165, 1.54) is 11.8 Å². The number of benzene rings is 1. The molecule has 5 heteroatoms. The fourth-order valence-electron chi connectivity index (χ4n) is 2.12. The van der Waals surface area contributed by atoms with Crippen LogP contribution in [0.1, 0.15) is 23.8 Å². The predicted molar refractivity (Wildman–Crippen MR) is 77.1 cm³/mol. The first-order chi connectivity index (χ1) is 8.89. The van der Waals surface area contributed by atoms with Crippen molar-refractivity contribution in [1.29, 1.82) is 0 Å². The number of aryl methyl sites for hydroxylation is 1. The molecule has 2 aromatic rings. The second-order valence-corrected chi connectivity index (χ2v) is 7.21. The highest BCUT2D eigenvalue weighted by Gasteiger charge is 2.16. The quantitative estimate of drug-likeness (QED) is 0.914. The van der Waals surface area contributed by atoms with Crippen molar-refractivity contribution in [1.82, 2.24) is 5.32 Å². The number of hydrogen-bond acceptors (Lipinski definition) is 4. The number of fused-ring (bicyclic) bond motifs is 1. The maximum absolute atomic E-state index is 11.2. The summed E-state index contributed by atoms with van der Waals surface area (Å²) in [5.41, 5.74) is 2.01. The van der Waals surface area contributed by atoms with Crippen LogP contribution in [0.15, 0.2) is 28.7 Å². The standard InChI is InChI=1S/C14H19NO3S/c1-10-4-5-13-11(8-10)9-14(18-13)12(15-2)6-7-19(3,16)17/h4-5,8-9,12,15H,6-7H2,1-3H3. The molecule has 1 unspecified atom stereocenters. The first-order valence-electron chi connectivity index (χ1n) is 6.24. The number of sulfone groups is 1. The van der Waals surface area contributed by atoms with Crippen LogP contribution < -0.4 is 5.32 Å². The molecule has 0 amide bonds. The van der Waals surface area contributed by atoms with Gasteiger partial charge in [-0.3, -0.25) is 0 Å². The van der Waals surface area contributed by atoms with Gasteiger partial charge in [-0.15, -0.1) is 0 Å². The molecule has 19 heavy (non-hydrogen) atoms. The van der Waals surface area contributed by atoms with Crippen LogP contribution in [0.5, 0.6) is 0 Å². The Morgan fingerprint density at radius 2 is 2.05 bits per heavy atom. The van der Waals surface area contributed by atoms with Crippen LogP contribution in [0, 0.1) is 6.92 Å². The van der Waals surface area contributed by atoms with Gasteiger partial charge in [0.25, 0.3) is 0 Å². The zero-order valence-corrected chi connectivity index (χ0v) is 12.3. The molecule has 1 N–H and O–H groups in total. The Bertz CT molecular complexity index is 673. The van der Waals surface area contributed by atoms with Crippen LogP contribution >= 0.6 is 0 Å². The monoisotopic (exact) mass is 281 g/mol. The second-order valence-electron chi connectivity index (χ2n) is 4.95. The minimum atomic E-state index is -2.96. The third-order valence-electron chi connectivity index (χ3n) is 3.16. The van der Waals surface area contributed by atoms with E-state index in [9.17, 15) is 8.42 Å². The summed E-state index contributed by atoms with van der Waals surface area (Å²) in [7, 11) is -1.14. The van der Waals surface area contributed by atoms with Crippen LogP contribution in [-0.4, -0.2) is 27.5 Å². The first kappa shape index (κ1) is 14.1. The Morgan fingerprint density at radius 1 is 1.32 bits per heavy atom. The molecule has 0 aliphatic heterocycles. The zero-order valence-electron chi connectivity index (χ0n) is 11.4. The van der Waals surface area contributed by atoms with Gasteiger partial charge in [-0.05, 0) is 38.6 Å². The lowest BCUT2D eigenvalue weighted by Crippen LogP contribution is -2.19. The molecule has 4 nitrogen and oxygen atoms in total. The Balaban J connectivity index is 2.25. The summed E-state index contributed by atoms with van der Waals surface area (Å²) in [4.78, 5) is 0. The molecule has 0 fully saturated rings. The fourth-order valence-corrected chi connectivity index (χ4v) is 2.78. The lowest BCUT2D eigenvalue weighted by Gasteiger charge is -2.12. The van der Waals surface area contributed by atoms with E-state index in [2.05, 4.69) is 11.4 Å². The topological polar surface area (TPSA) is 59.3 Å². The Morgan fingerprint density at radius 3 is 2.68 bits per heavy atom. The van der Waals surface area contributed by atoms with Gasteiger partial charge in [0.1, 0.15) is 21.2 Å². The zero-order chi connectivity index (χ0) is 14.0. The maximum Gasteiger partial charge on any atom is 0.147 e. The molecular formula is C14H19NO3S. The van der Waals surface area contributed by atoms with Gasteiger partial charge in [0.15, 0.2) is 0 Å². The molecule has 0 aliphatic rings. The Hall–Kier alpha value is -1.33. The normalized spacial score (nSPS) is 13.8. The molecule has 0 radical (unpaired) electrons. The van der Waals surface area contributed by atoms with Crippen molar-refractivity contribution < 1.29 is 12.8 Å². The summed E-state index contributed by atoms with van der Waals surface area (Å²) in [6.07, 6.45) is 1.76. The minimum Gasteiger partial charge on any atom is -0.459 e. The maximum atomic E-state index is 11.2. The average Bonchev–Trinajstić information content (AvgIpc) is 2.71. The first-order valence-corrected chi connectivity index (χ1v) is 8.30. The van der Waals surface area contributed by atoms with Gasteiger partial charge in [0.2, 0.25) is 0 Å². The number of nitrogens with one attached hydrogen (secondary N) is 1. The van der Waals surface area contributed by atoms with Gasteiger partial charge in [-0.25, -0.2) is 8.42 Å². The van der Waals surface area contributed by atoms with Gasteiger partial charge in [-0.1, -0.05) is 11.6 Å². The molecule has 0 saturated heterocycles. The lowest BCUT2D eigenvalue weighted by molar-refractivity contribution is 0.444. The largest absolute Gasteiger partial charge is 0.459 e. The van der Waals surface area contributed by atoms with E-state index in [0.717, 1.165) is 16.7 Å². The van der Waals surface area contributed by atoms with E-state index in [-0.39, 0.29) is 11.8 Å². The fraction of sp³-hybridized carbons (Fsp3) is 0.429. The molecule has 0 spiro atoms. The number of rotatable bonds is 5. The Kier molecular flexibility index (Phi) is 3.96. The van der Waals surface area contributed by atoms with E-state index in [1.54, 1.807) is 0 Å². The van der Waals surface area contributed by atoms with E-state index < -0.39 is 9.84 Å². The summed E-state index contributed by atoms with van der Waals surface area (Å²) in [5.74, 6) is 0.931. The van der Waals surface area contributed by atoms with Crippen molar-refractivity contribution in [3.05, 3.63) is 35.6 Å². The summed E-state index contributed by atoms with van der Waals surface area (Å²) in [6, 6.07) is 7.90. The van der Waals surface area contributed by atoms with Crippen molar-refractivity contribution >= 4 is 20.8 Å². The van der Waals surface area contributed by atoms with Crippen molar-refractivity contribution in [2.45, 2.75) is 19.4 Å². The molecule has 1 aromatic heterocycles. The highest BCUT2D eigenvalue weighted by molar-refractivity contribution is 7.90. The summed E-state index contributed by atoms with van der Waals surface area (Å²) < 4.78 is 28.3. The van der Waals surface area contributed by atoms with Gasteiger partial charge in [0, 0.05) is 11.6 Å². The van der Waals surface area contributed by atoms with Crippen LogP contribution in [-0.2, 0) is 9.84 Å². The van der Waals surface area contributed by atoms with Crippen molar-refractivity contribution in [3.63, 3.8) is 0 Å². The third-order valence-corrected chi connectivity index (χ3v) is 4.14. The molecule has 104 valence electrons. The molecular weight excluding hydrogens is 262 g/mol. The lowest BCUT2D eigenvalue weighted by atomic mass is 10.1. The number of furan rings is 1. The highest BCUT2D eigenvalue weighted by Crippen LogP contribution is 2.26. The van der Waals surface area contributed by atoms with Crippen LogP contribution in [0.4, 0.5) is 0 Å². The molecule has 0 saturated carbocycles. The van der Waals surface area contributed by atoms with Gasteiger partial charge in [0.05, 0.1) is 11.8 Å². The van der Waals surface area contributed by atoms with Crippen molar-refractivity contribution in [2.24, 2.45) is 0 Å². The van der Waals surface area contributed by atoms with E-state index in [1.807, 2.05) is 32.2 Å². The molecule has 1 aromatic carbocycles. The van der Waals surface area contributed by atoms with Gasteiger partial charge < -0.3 is 9.73 Å². The molecule has 0 bridgehead atoms. The van der Waals surface area contributed by atoms with Crippen molar-refractivity contribution in [2.75, 3.05) is 19.1 Å². The van der Waals surface area contributed by atoms with E-state index >= 15 is 0 Å². The summed E-state index contributed by atoms with van der Waals surface area (Å²) in [6.45, 7) is 2.03. The number of hydrogen-bond donors (Lipinski definition) is 1. The van der Waals surface area contributed by atoms with E-state index in [0.29, 0.717) is 6.42 Å². The summed E-state index contributed by atoms with van der Waals surface area (Å²) >= 11 is 0. The van der Waals surface area contributed by atoms with Crippen molar-refractivity contribution in [3.8, 4) is 0 Å². The third kappa shape index (κ3) is 3.58.